The standard InChI is InChI=1S/C26H33N4O4P/c31-30(32)23-8-6-7-22(21-23)27-35(24-9-2-1-3-10-24,29-15-19-34-20-16-29)26-12-5-4-11-25(26)28-13-17-33-18-14-28/h1-3,6-11,21,26H,4-5,12-20H2. The van der Waals surface area contributed by atoms with Crippen molar-refractivity contribution in [1.29, 1.82) is 0 Å². The summed E-state index contributed by atoms with van der Waals surface area (Å²) >= 11 is 0. The van der Waals surface area contributed by atoms with Gasteiger partial charge in [0, 0.05) is 49.3 Å². The molecule has 0 radical (unpaired) electrons. The number of hydrogen-bond acceptors (Lipinski definition) is 6. The number of rotatable bonds is 6. The summed E-state index contributed by atoms with van der Waals surface area (Å²) in [6.07, 6.45) is 5.64. The summed E-state index contributed by atoms with van der Waals surface area (Å²) in [7, 11) is -2.39. The van der Waals surface area contributed by atoms with Crippen molar-refractivity contribution in [3.8, 4) is 0 Å². The number of nitro groups is 1. The highest BCUT2D eigenvalue weighted by molar-refractivity contribution is 7.72. The summed E-state index contributed by atoms with van der Waals surface area (Å²) in [6.45, 7) is 6.18. The lowest BCUT2D eigenvalue weighted by atomic mass is 10.0. The number of non-ortho nitro benzene ring substituents is 1. The lowest BCUT2D eigenvalue weighted by molar-refractivity contribution is -0.384. The van der Waals surface area contributed by atoms with Crippen LogP contribution in [0.25, 0.3) is 0 Å². The van der Waals surface area contributed by atoms with Gasteiger partial charge >= 0.3 is 0 Å². The molecule has 9 heteroatoms. The molecule has 2 heterocycles. The SMILES string of the molecule is O=[N+]([O-])c1cccc(N=P(c2ccccc2)(C2CCCC=C2N2CCOCC2)N2CCOCC2)c1. The first-order valence-corrected chi connectivity index (χ1v) is 14.2. The minimum atomic E-state index is -2.39. The van der Waals surface area contributed by atoms with Gasteiger partial charge in [-0.25, -0.2) is 4.74 Å². The highest BCUT2D eigenvalue weighted by atomic mass is 31.2. The molecule has 0 N–H and O–H groups in total. The number of benzene rings is 2. The largest absolute Gasteiger partial charge is 0.379 e. The number of allylic oxidation sites excluding steroid dienone is 2. The second kappa shape index (κ2) is 11.0. The second-order valence-electron chi connectivity index (χ2n) is 9.10. The second-order valence-corrected chi connectivity index (χ2v) is 12.3. The smallest absolute Gasteiger partial charge is 0.271 e. The number of nitro benzene ring substituents is 1. The quantitative estimate of drug-likeness (QED) is 0.326. The molecule has 1 aliphatic carbocycles. The molecule has 0 saturated carbocycles. The van der Waals surface area contributed by atoms with Crippen molar-refractivity contribution >= 4 is 23.9 Å². The number of ether oxygens (including phenoxy) is 2. The van der Waals surface area contributed by atoms with E-state index in [1.54, 1.807) is 12.1 Å². The Kier molecular flexibility index (Phi) is 7.63. The molecule has 5 rings (SSSR count). The first-order valence-electron chi connectivity index (χ1n) is 12.5. The number of nitrogens with zero attached hydrogens (tertiary/aromatic N) is 4. The summed E-state index contributed by atoms with van der Waals surface area (Å²) in [6, 6.07) is 17.5. The first-order chi connectivity index (χ1) is 17.2. The number of morpholine rings is 2. The molecule has 0 aromatic heterocycles. The van der Waals surface area contributed by atoms with Crippen LogP contribution in [-0.2, 0) is 9.47 Å². The molecule has 0 bridgehead atoms. The molecule has 8 nitrogen and oxygen atoms in total. The van der Waals surface area contributed by atoms with Crippen molar-refractivity contribution in [2.45, 2.75) is 24.9 Å². The average molecular weight is 497 g/mol. The van der Waals surface area contributed by atoms with Crippen LogP contribution in [0.3, 0.4) is 0 Å². The van der Waals surface area contributed by atoms with E-state index in [9.17, 15) is 10.1 Å². The molecule has 186 valence electrons. The van der Waals surface area contributed by atoms with Gasteiger partial charge in [-0.15, -0.1) is 0 Å². The van der Waals surface area contributed by atoms with E-state index in [1.165, 1.54) is 17.1 Å². The molecule has 2 unspecified atom stereocenters. The Morgan fingerprint density at radius 2 is 1.66 bits per heavy atom. The van der Waals surface area contributed by atoms with Crippen molar-refractivity contribution in [3.63, 3.8) is 0 Å². The van der Waals surface area contributed by atoms with Gasteiger partial charge < -0.3 is 14.4 Å². The molecule has 2 saturated heterocycles. The van der Waals surface area contributed by atoms with Crippen molar-refractivity contribution in [2.24, 2.45) is 4.74 Å². The Labute approximate surface area is 206 Å². The van der Waals surface area contributed by atoms with Crippen LogP contribution in [0.4, 0.5) is 11.4 Å². The van der Waals surface area contributed by atoms with E-state index in [0.29, 0.717) is 18.9 Å². The Morgan fingerprint density at radius 3 is 2.37 bits per heavy atom. The van der Waals surface area contributed by atoms with E-state index in [4.69, 9.17) is 14.2 Å². The molecule has 35 heavy (non-hydrogen) atoms. The van der Waals surface area contributed by atoms with Crippen LogP contribution in [0, 0.1) is 10.1 Å². The minimum Gasteiger partial charge on any atom is -0.379 e. The number of hydrogen-bond donors (Lipinski definition) is 0. The zero-order valence-electron chi connectivity index (χ0n) is 20.0. The zero-order chi connectivity index (χ0) is 24.1. The van der Waals surface area contributed by atoms with Gasteiger partial charge in [0.05, 0.1) is 49.9 Å². The van der Waals surface area contributed by atoms with Crippen molar-refractivity contribution < 1.29 is 14.4 Å². The fourth-order valence-corrected chi connectivity index (χ4v) is 9.96. The Morgan fingerprint density at radius 1 is 0.943 bits per heavy atom. The molecular formula is C26H33N4O4P. The molecular weight excluding hydrogens is 463 g/mol. The van der Waals surface area contributed by atoms with Gasteiger partial charge in [0.15, 0.2) is 0 Å². The maximum absolute atomic E-state index is 11.6. The predicted molar refractivity (Wildman–Crippen MR) is 139 cm³/mol. The fourth-order valence-electron chi connectivity index (χ4n) is 5.45. The predicted octanol–water partition coefficient (Wildman–Crippen LogP) is 4.77. The summed E-state index contributed by atoms with van der Waals surface area (Å²) in [5, 5.41) is 12.8. The molecule has 2 fully saturated rings. The van der Waals surface area contributed by atoms with Gasteiger partial charge in [-0.3, -0.25) is 14.8 Å². The topological polar surface area (TPSA) is 80.4 Å². The molecule has 2 aliphatic heterocycles. The summed E-state index contributed by atoms with van der Waals surface area (Å²) < 4.78 is 19.6. The van der Waals surface area contributed by atoms with Crippen molar-refractivity contribution in [2.75, 3.05) is 52.6 Å². The van der Waals surface area contributed by atoms with Gasteiger partial charge in [0.1, 0.15) is 0 Å². The third-order valence-corrected chi connectivity index (χ3v) is 11.3. The maximum Gasteiger partial charge on any atom is 0.271 e. The van der Waals surface area contributed by atoms with Crippen LogP contribution >= 0.6 is 7.21 Å². The molecule has 0 spiro atoms. The van der Waals surface area contributed by atoms with Crippen LogP contribution in [0.1, 0.15) is 19.3 Å². The average Bonchev–Trinajstić information content (AvgIpc) is 2.93. The Bertz CT molecular complexity index is 1110. The normalized spacial score (nSPS) is 23.3. The van der Waals surface area contributed by atoms with Crippen LogP contribution in [-0.4, -0.2) is 72.8 Å². The van der Waals surface area contributed by atoms with E-state index in [2.05, 4.69) is 39.9 Å². The Hall–Kier alpha value is -2.51. The summed E-state index contributed by atoms with van der Waals surface area (Å²) in [5.41, 5.74) is 2.34. The van der Waals surface area contributed by atoms with Crippen LogP contribution in [0.15, 0.2) is 71.1 Å². The van der Waals surface area contributed by atoms with Crippen molar-refractivity contribution in [1.82, 2.24) is 9.57 Å². The van der Waals surface area contributed by atoms with E-state index >= 15 is 0 Å². The molecule has 2 atom stereocenters. The van der Waals surface area contributed by atoms with Crippen LogP contribution in [0.2, 0.25) is 0 Å². The third kappa shape index (κ3) is 5.07. The lowest BCUT2D eigenvalue weighted by Gasteiger charge is -2.48. The molecule has 2 aromatic rings. The van der Waals surface area contributed by atoms with E-state index in [-0.39, 0.29) is 16.3 Å². The van der Waals surface area contributed by atoms with E-state index in [1.807, 2.05) is 12.1 Å². The Balaban J connectivity index is 1.74. The highest BCUT2D eigenvalue weighted by Gasteiger charge is 2.43. The highest BCUT2D eigenvalue weighted by Crippen LogP contribution is 2.63. The van der Waals surface area contributed by atoms with Gasteiger partial charge in [-0.1, -0.05) is 42.5 Å². The molecule has 3 aliphatic rings. The summed E-state index contributed by atoms with van der Waals surface area (Å²) in [5.74, 6) is 0. The van der Waals surface area contributed by atoms with Crippen molar-refractivity contribution in [3.05, 3.63) is 76.5 Å². The zero-order valence-corrected chi connectivity index (χ0v) is 20.9. The van der Waals surface area contributed by atoms with Gasteiger partial charge in [0.2, 0.25) is 0 Å². The minimum absolute atomic E-state index is 0.0759. The first kappa shape index (κ1) is 24.2. The molecule has 0 amide bonds. The fraction of sp³-hybridized carbons (Fsp3) is 0.462. The van der Waals surface area contributed by atoms with Crippen LogP contribution < -0.4 is 5.30 Å². The van der Waals surface area contributed by atoms with Gasteiger partial charge in [0.25, 0.3) is 5.69 Å². The van der Waals surface area contributed by atoms with Gasteiger partial charge in [-0.2, -0.15) is 0 Å². The monoisotopic (exact) mass is 496 g/mol. The summed E-state index contributed by atoms with van der Waals surface area (Å²) in [4.78, 5) is 13.7. The van der Waals surface area contributed by atoms with Crippen LogP contribution in [0.5, 0.6) is 0 Å². The van der Waals surface area contributed by atoms with E-state index in [0.717, 1.165) is 58.7 Å². The third-order valence-electron chi connectivity index (χ3n) is 7.05. The van der Waals surface area contributed by atoms with E-state index < -0.39 is 7.21 Å². The molecule has 2 aromatic carbocycles. The lowest BCUT2D eigenvalue weighted by Crippen LogP contribution is -2.45. The van der Waals surface area contributed by atoms with Gasteiger partial charge in [-0.05, 0) is 25.3 Å². The maximum atomic E-state index is 11.6.